The molecule has 0 saturated carbocycles. The molecule has 0 bridgehead atoms. The maximum atomic E-state index is 13.9. The highest BCUT2D eigenvalue weighted by Crippen LogP contribution is 2.29. The Bertz CT molecular complexity index is 500. The summed E-state index contributed by atoms with van der Waals surface area (Å²) in [4.78, 5) is 0. The summed E-state index contributed by atoms with van der Waals surface area (Å²) >= 11 is 0. The van der Waals surface area contributed by atoms with Gasteiger partial charge in [-0.3, -0.25) is 0 Å². The molecule has 2 aromatic rings. The molecule has 2 rings (SSSR count). The highest BCUT2D eigenvalue weighted by Gasteiger charge is 2.21. The summed E-state index contributed by atoms with van der Waals surface area (Å²) in [7, 11) is 0. The second-order valence-corrected chi connectivity index (χ2v) is 4.08. The van der Waals surface area contributed by atoms with Crippen LogP contribution >= 0.6 is 0 Å². The molecule has 0 aliphatic rings. The molecule has 0 amide bonds. The summed E-state index contributed by atoms with van der Waals surface area (Å²) < 4.78 is 33.2. The van der Waals surface area contributed by atoms with Crippen LogP contribution in [-0.2, 0) is 4.74 Å². The molecule has 0 spiro atoms. The molecule has 2 N–H and O–H groups in total. The van der Waals surface area contributed by atoms with Gasteiger partial charge in [-0.2, -0.15) is 0 Å². The van der Waals surface area contributed by atoms with E-state index in [1.54, 1.807) is 36.4 Å². The fourth-order valence-electron chi connectivity index (χ4n) is 1.91. The largest absolute Gasteiger partial charge is 0.367 e. The van der Waals surface area contributed by atoms with Gasteiger partial charge in [-0.15, -0.1) is 0 Å². The van der Waals surface area contributed by atoms with Crippen molar-refractivity contribution in [3.8, 4) is 0 Å². The van der Waals surface area contributed by atoms with Crippen LogP contribution in [0.2, 0.25) is 0 Å². The minimum absolute atomic E-state index is 0.229. The molecule has 4 heteroatoms. The number of ether oxygens (including phenoxy) is 1. The molecule has 0 atom stereocenters. The summed E-state index contributed by atoms with van der Waals surface area (Å²) in [6.45, 7) is 0.521. The fourth-order valence-corrected chi connectivity index (χ4v) is 1.91. The van der Waals surface area contributed by atoms with Gasteiger partial charge < -0.3 is 10.5 Å². The predicted molar refractivity (Wildman–Crippen MR) is 69.6 cm³/mol. The van der Waals surface area contributed by atoms with E-state index in [1.807, 2.05) is 0 Å². The first-order valence-electron chi connectivity index (χ1n) is 6.04. The molecule has 0 fully saturated rings. The number of hydrogen-bond acceptors (Lipinski definition) is 2. The highest BCUT2D eigenvalue weighted by molar-refractivity contribution is 5.32. The zero-order valence-corrected chi connectivity index (χ0v) is 10.4. The van der Waals surface area contributed by atoms with Gasteiger partial charge in [-0.05, 0) is 12.1 Å². The summed E-state index contributed by atoms with van der Waals surface area (Å²) in [6, 6.07) is 12.4. The van der Waals surface area contributed by atoms with Crippen molar-refractivity contribution in [3.63, 3.8) is 0 Å². The van der Waals surface area contributed by atoms with Gasteiger partial charge in [-0.1, -0.05) is 36.4 Å². The minimum Gasteiger partial charge on any atom is -0.367 e. The van der Waals surface area contributed by atoms with Crippen LogP contribution in [0, 0.1) is 11.6 Å². The number of halogens is 2. The number of hydrogen-bond donors (Lipinski definition) is 1. The van der Waals surface area contributed by atoms with Crippen LogP contribution in [0.15, 0.2) is 48.5 Å². The Morgan fingerprint density at radius 3 is 1.79 bits per heavy atom. The third-order valence-corrected chi connectivity index (χ3v) is 2.78. The lowest BCUT2D eigenvalue weighted by Gasteiger charge is -2.19. The van der Waals surface area contributed by atoms with E-state index >= 15 is 0 Å². The van der Waals surface area contributed by atoms with Crippen LogP contribution in [-0.4, -0.2) is 13.2 Å². The average molecular weight is 263 g/mol. The molecule has 0 unspecified atom stereocenters. The van der Waals surface area contributed by atoms with Gasteiger partial charge in [0.2, 0.25) is 0 Å². The number of rotatable bonds is 5. The Kier molecular flexibility index (Phi) is 4.60. The molecule has 0 aromatic heterocycles. The van der Waals surface area contributed by atoms with Crippen LogP contribution in [0.5, 0.6) is 0 Å². The van der Waals surface area contributed by atoms with Crippen molar-refractivity contribution in [2.24, 2.45) is 5.73 Å². The van der Waals surface area contributed by atoms with Crippen molar-refractivity contribution < 1.29 is 13.5 Å². The predicted octanol–water partition coefficient (Wildman–Crippen LogP) is 3.03. The third kappa shape index (κ3) is 3.16. The molecule has 0 aliphatic carbocycles. The number of nitrogens with two attached hydrogens (primary N) is 1. The topological polar surface area (TPSA) is 35.2 Å². The Labute approximate surface area is 110 Å². The second kappa shape index (κ2) is 6.41. The van der Waals surface area contributed by atoms with Gasteiger partial charge in [0.05, 0.1) is 6.61 Å². The first kappa shape index (κ1) is 13.6. The summed E-state index contributed by atoms with van der Waals surface area (Å²) in [6.07, 6.45) is -0.786. The lowest BCUT2D eigenvalue weighted by atomic mass is 10.0. The van der Waals surface area contributed by atoms with Gasteiger partial charge in [-0.25, -0.2) is 8.78 Å². The Morgan fingerprint density at radius 1 is 0.895 bits per heavy atom. The van der Waals surface area contributed by atoms with E-state index < -0.39 is 17.7 Å². The quantitative estimate of drug-likeness (QED) is 0.900. The van der Waals surface area contributed by atoms with Crippen LogP contribution in [0.3, 0.4) is 0 Å². The molecule has 0 heterocycles. The fraction of sp³-hybridized carbons (Fsp3) is 0.200. The zero-order valence-electron chi connectivity index (χ0n) is 10.4. The lowest BCUT2D eigenvalue weighted by molar-refractivity contribution is 0.0814. The Morgan fingerprint density at radius 2 is 1.37 bits per heavy atom. The van der Waals surface area contributed by atoms with E-state index in [1.165, 1.54) is 12.1 Å². The molecule has 0 radical (unpaired) electrons. The lowest BCUT2D eigenvalue weighted by Crippen LogP contribution is -2.15. The molecule has 100 valence electrons. The van der Waals surface area contributed by atoms with Gasteiger partial charge >= 0.3 is 0 Å². The van der Waals surface area contributed by atoms with Gasteiger partial charge in [0.1, 0.15) is 17.7 Å². The van der Waals surface area contributed by atoms with Crippen LogP contribution in [0.1, 0.15) is 17.2 Å². The second-order valence-electron chi connectivity index (χ2n) is 4.08. The van der Waals surface area contributed by atoms with Crippen molar-refractivity contribution in [1.82, 2.24) is 0 Å². The van der Waals surface area contributed by atoms with Crippen molar-refractivity contribution >= 4 is 0 Å². The highest BCUT2D eigenvalue weighted by atomic mass is 19.1. The van der Waals surface area contributed by atoms with E-state index in [-0.39, 0.29) is 6.61 Å². The van der Waals surface area contributed by atoms with Gasteiger partial charge in [0.15, 0.2) is 0 Å². The first-order chi connectivity index (χ1) is 9.24. The maximum absolute atomic E-state index is 13.9. The summed E-state index contributed by atoms with van der Waals surface area (Å²) in [5, 5.41) is 0. The van der Waals surface area contributed by atoms with E-state index in [9.17, 15) is 8.78 Å². The van der Waals surface area contributed by atoms with Crippen molar-refractivity contribution in [1.29, 1.82) is 0 Å². The molecular weight excluding hydrogens is 248 g/mol. The molecule has 0 aliphatic heterocycles. The van der Waals surface area contributed by atoms with Crippen LogP contribution in [0.25, 0.3) is 0 Å². The molecule has 2 nitrogen and oxygen atoms in total. The van der Waals surface area contributed by atoms with Gasteiger partial charge in [0.25, 0.3) is 0 Å². The smallest absolute Gasteiger partial charge is 0.129 e. The molecule has 0 saturated heterocycles. The average Bonchev–Trinajstić information content (AvgIpc) is 2.42. The van der Waals surface area contributed by atoms with Gasteiger partial charge in [0, 0.05) is 17.7 Å². The normalized spacial score (nSPS) is 10.9. The van der Waals surface area contributed by atoms with E-state index in [0.717, 1.165) is 0 Å². The first-order valence-corrected chi connectivity index (χ1v) is 6.04. The molecular formula is C15H15F2NO. The standard InChI is InChI=1S/C15H15F2NO/c16-13-7-3-1-5-11(13)15(19-10-9-18)12-6-2-4-8-14(12)17/h1-8,15H,9-10,18H2. The zero-order chi connectivity index (χ0) is 13.7. The maximum Gasteiger partial charge on any atom is 0.129 e. The molecule has 2 aromatic carbocycles. The number of benzene rings is 2. The van der Waals surface area contributed by atoms with E-state index in [0.29, 0.717) is 17.7 Å². The van der Waals surface area contributed by atoms with Crippen LogP contribution in [0.4, 0.5) is 8.78 Å². The SMILES string of the molecule is NCCOC(c1ccccc1F)c1ccccc1F. The van der Waals surface area contributed by atoms with Crippen molar-refractivity contribution in [2.45, 2.75) is 6.10 Å². The Balaban J connectivity index is 2.42. The summed E-state index contributed by atoms with van der Waals surface area (Å²) in [5.41, 5.74) is 6.01. The third-order valence-electron chi connectivity index (χ3n) is 2.78. The van der Waals surface area contributed by atoms with E-state index in [2.05, 4.69) is 0 Å². The van der Waals surface area contributed by atoms with Crippen molar-refractivity contribution in [3.05, 3.63) is 71.3 Å². The van der Waals surface area contributed by atoms with E-state index in [4.69, 9.17) is 10.5 Å². The summed E-state index contributed by atoms with van der Waals surface area (Å²) in [5.74, 6) is -0.847. The van der Waals surface area contributed by atoms with Crippen LogP contribution < -0.4 is 5.73 Å². The minimum atomic E-state index is -0.786. The Hall–Kier alpha value is -1.78. The molecule has 19 heavy (non-hydrogen) atoms. The van der Waals surface area contributed by atoms with Crippen molar-refractivity contribution in [2.75, 3.05) is 13.2 Å². The monoisotopic (exact) mass is 263 g/mol.